The van der Waals surface area contributed by atoms with Crippen LogP contribution in [0.1, 0.15) is 39.4 Å². The highest BCUT2D eigenvalue weighted by molar-refractivity contribution is 7.20. The van der Waals surface area contributed by atoms with Crippen LogP contribution in [-0.2, 0) is 4.74 Å². The maximum Gasteiger partial charge on any atom is 0.348 e. The molecule has 2 aromatic heterocycles. The molecule has 8 heteroatoms. The summed E-state index contributed by atoms with van der Waals surface area (Å²) >= 11 is 1.23. The molecular formula is C18H17N3O4S. The van der Waals surface area contributed by atoms with Crippen molar-refractivity contribution < 1.29 is 19.4 Å². The number of nitrogens with zero attached hydrogens (tertiary/aromatic N) is 2. The second-order valence-electron chi connectivity index (χ2n) is 5.89. The van der Waals surface area contributed by atoms with Gasteiger partial charge in [-0.1, -0.05) is 12.1 Å². The Morgan fingerprint density at radius 1 is 1.23 bits per heavy atom. The molecule has 3 rings (SSSR count). The lowest BCUT2D eigenvalue weighted by Crippen LogP contribution is -2.11. The van der Waals surface area contributed by atoms with E-state index in [1.165, 1.54) is 23.7 Å². The van der Waals surface area contributed by atoms with Crippen LogP contribution < -0.4 is 5.32 Å². The number of thiophene rings is 1. The summed E-state index contributed by atoms with van der Waals surface area (Å²) in [6.07, 6.45) is 1.15. The molecule has 0 aliphatic heterocycles. The van der Waals surface area contributed by atoms with Crippen molar-refractivity contribution in [3.8, 4) is 0 Å². The van der Waals surface area contributed by atoms with E-state index in [1.807, 2.05) is 0 Å². The zero-order valence-electron chi connectivity index (χ0n) is 14.4. The highest BCUT2D eigenvalue weighted by atomic mass is 32.1. The van der Waals surface area contributed by atoms with Crippen LogP contribution in [0.15, 0.2) is 30.6 Å². The van der Waals surface area contributed by atoms with E-state index in [0.29, 0.717) is 32.2 Å². The van der Waals surface area contributed by atoms with Crippen LogP contribution in [0.4, 0.5) is 11.5 Å². The van der Waals surface area contributed by atoms with Crippen LogP contribution in [0, 0.1) is 6.92 Å². The van der Waals surface area contributed by atoms with Crippen LogP contribution in [0.2, 0.25) is 0 Å². The van der Waals surface area contributed by atoms with Gasteiger partial charge in [0, 0.05) is 0 Å². The number of para-hydroxylation sites is 1. The van der Waals surface area contributed by atoms with E-state index in [1.54, 1.807) is 39.0 Å². The highest BCUT2D eigenvalue weighted by Gasteiger charge is 2.21. The number of carbonyl (C=O) groups excluding carboxylic acids is 1. The first-order valence-electron chi connectivity index (χ1n) is 7.93. The minimum atomic E-state index is -1.04. The maximum absolute atomic E-state index is 12.3. The van der Waals surface area contributed by atoms with E-state index in [0.717, 1.165) is 0 Å². The Morgan fingerprint density at radius 3 is 2.65 bits per heavy atom. The monoisotopic (exact) mass is 371 g/mol. The zero-order chi connectivity index (χ0) is 18.8. The topological polar surface area (TPSA) is 101 Å². The number of fused-ring (bicyclic) bond motifs is 1. The molecule has 0 radical (unpaired) electrons. The van der Waals surface area contributed by atoms with Gasteiger partial charge in [0.05, 0.1) is 22.7 Å². The number of rotatable bonds is 5. The van der Waals surface area contributed by atoms with Crippen LogP contribution in [0.3, 0.4) is 0 Å². The smallest absolute Gasteiger partial charge is 0.348 e. The molecule has 0 atom stereocenters. The highest BCUT2D eigenvalue weighted by Crippen LogP contribution is 2.35. The number of ether oxygens (including phenoxy) is 1. The van der Waals surface area contributed by atoms with Crippen molar-refractivity contribution >= 4 is 45.0 Å². The number of aromatic nitrogens is 2. The van der Waals surface area contributed by atoms with Gasteiger partial charge in [-0.25, -0.2) is 19.6 Å². The van der Waals surface area contributed by atoms with Crippen molar-refractivity contribution in [1.29, 1.82) is 0 Å². The molecule has 0 aliphatic rings. The van der Waals surface area contributed by atoms with Crippen molar-refractivity contribution in [3.05, 3.63) is 46.6 Å². The lowest BCUT2D eigenvalue weighted by molar-refractivity contribution is 0.0383. The van der Waals surface area contributed by atoms with E-state index in [-0.39, 0.29) is 11.7 Å². The molecule has 0 aliphatic carbocycles. The van der Waals surface area contributed by atoms with Crippen LogP contribution in [0.5, 0.6) is 0 Å². The van der Waals surface area contributed by atoms with Gasteiger partial charge in [-0.05, 0) is 38.5 Å². The Bertz CT molecular complexity index is 997. The van der Waals surface area contributed by atoms with Crippen molar-refractivity contribution in [1.82, 2.24) is 9.97 Å². The summed E-state index contributed by atoms with van der Waals surface area (Å²) < 4.78 is 5.28. The molecule has 26 heavy (non-hydrogen) atoms. The summed E-state index contributed by atoms with van der Waals surface area (Å²) in [5.41, 5.74) is 1.25. The molecule has 3 aromatic rings. The molecule has 1 aromatic carbocycles. The number of hydrogen-bond donors (Lipinski definition) is 2. The SMILES string of the molecule is Cc1c(C(=O)OC(C)C)sc2ncnc(Nc3ccccc3C(=O)O)c12. The number of benzene rings is 1. The number of hydrogen-bond acceptors (Lipinski definition) is 7. The molecule has 2 N–H and O–H groups in total. The summed E-state index contributed by atoms with van der Waals surface area (Å²) in [6.45, 7) is 5.37. The fourth-order valence-electron chi connectivity index (χ4n) is 2.53. The Morgan fingerprint density at radius 2 is 1.96 bits per heavy atom. The Balaban J connectivity index is 2.07. The van der Waals surface area contributed by atoms with Crippen molar-refractivity contribution in [2.45, 2.75) is 26.9 Å². The quantitative estimate of drug-likeness (QED) is 0.653. The summed E-state index contributed by atoms with van der Waals surface area (Å²) in [6, 6.07) is 6.56. The summed E-state index contributed by atoms with van der Waals surface area (Å²) in [4.78, 5) is 33.3. The molecule has 0 fully saturated rings. The number of carboxylic acids is 1. The molecule has 0 saturated heterocycles. The normalized spacial score (nSPS) is 10.9. The maximum atomic E-state index is 12.3. The predicted molar refractivity (Wildman–Crippen MR) is 99.4 cm³/mol. The fourth-order valence-corrected chi connectivity index (χ4v) is 3.57. The largest absolute Gasteiger partial charge is 0.478 e. The minimum absolute atomic E-state index is 0.131. The van der Waals surface area contributed by atoms with E-state index in [2.05, 4.69) is 15.3 Å². The first kappa shape index (κ1) is 17.8. The molecular weight excluding hydrogens is 354 g/mol. The van der Waals surface area contributed by atoms with Crippen LogP contribution in [0.25, 0.3) is 10.2 Å². The lowest BCUT2D eigenvalue weighted by atomic mass is 10.1. The summed E-state index contributed by atoms with van der Waals surface area (Å²) in [5, 5.41) is 13.1. The van der Waals surface area contributed by atoms with Gasteiger partial charge < -0.3 is 15.2 Å². The summed E-state index contributed by atoms with van der Waals surface area (Å²) in [7, 11) is 0. The van der Waals surface area contributed by atoms with E-state index < -0.39 is 11.9 Å². The third-order valence-electron chi connectivity index (χ3n) is 3.67. The third kappa shape index (κ3) is 3.36. The molecule has 134 valence electrons. The number of nitrogens with one attached hydrogen (secondary N) is 1. The zero-order valence-corrected chi connectivity index (χ0v) is 15.3. The molecule has 0 amide bonds. The number of esters is 1. The molecule has 0 unspecified atom stereocenters. The summed E-state index contributed by atoms with van der Waals surface area (Å²) in [5.74, 6) is -1.000. The van der Waals surface area contributed by atoms with Gasteiger partial charge in [-0.3, -0.25) is 0 Å². The van der Waals surface area contributed by atoms with Gasteiger partial charge >= 0.3 is 11.9 Å². The third-order valence-corrected chi connectivity index (χ3v) is 4.85. The second-order valence-corrected chi connectivity index (χ2v) is 6.89. The van der Waals surface area contributed by atoms with Gasteiger partial charge in [0.1, 0.15) is 21.9 Å². The predicted octanol–water partition coefficient (Wildman–Crippen LogP) is 4.01. The van der Waals surface area contributed by atoms with E-state index in [4.69, 9.17) is 4.74 Å². The molecule has 0 spiro atoms. The second kappa shape index (κ2) is 7.09. The van der Waals surface area contributed by atoms with Crippen molar-refractivity contribution in [3.63, 3.8) is 0 Å². The Labute approximate surface area is 153 Å². The fraction of sp³-hybridized carbons (Fsp3) is 0.222. The first-order chi connectivity index (χ1) is 12.4. The van der Waals surface area contributed by atoms with Gasteiger partial charge in [0.2, 0.25) is 0 Å². The van der Waals surface area contributed by atoms with Gasteiger partial charge in [-0.15, -0.1) is 11.3 Å². The number of aromatic carboxylic acids is 1. The first-order valence-corrected chi connectivity index (χ1v) is 8.74. The van der Waals surface area contributed by atoms with E-state index in [9.17, 15) is 14.7 Å². The van der Waals surface area contributed by atoms with Crippen molar-refractivity contribution in [2.75, 3.05) is 5.32 Å². The van der Waals surface area contributed by atoms with Gasteiger partial charge in [0.25, 0.3) is 0 Å². The molecule has 7 nitrogen and oxygen atoms in total. The number of carbonyl (C=O) groups is 2. The molecule has 2 heterocycles. The van der Waals surface area contributed by atoms with Gasteiger partial charge in [-0.2, -0.15) is 0 Å². The minimum Gasteiger partial charge on any atom is -0.478 e. The standard InChI is InChI=1S/C18H17N3O4S/c1-9(2)25-18(24)14-10(3)13-15(19-8-20-16(13)26-14)21-12-7-5-4-6-11(12)17(22)23/h4-9H,1-3H3,(H,22,23)(H,19,20,21). The number of carboxylic acid groups (broad SMARTS) is 1. The molecule has 0 saturated carbocycles. The van der Waals surface area contributed by atoms with Crippen molar-refractivity contribution in [2.24, 2.45) is 0 Å². The molecule has 0 bridgehead atoms. The van der Waals surface area contributed by atoms with Crippen LogP contribution >= 0.6 is 11.3 Å². The number of anilines is 2. The average molecular weight is 371 g/mol. The average Bonchev–Trinajstić information content (AvgIpc) is 2.93. The van der Waals surface area contributed by atoms with Gasteiger partial charge in [0.15, 0.2) is 0 Å². The Hall–Kier alpha value is -3.00. The lowest BCUT2D eigenvalue weighted by Gasteiger charge is -2.10. The Kier molecular flexibility index (Phi) is 4.85. The van der Waals surface area contributed by atoms with E-state index >= 15 is 0 Å². The van der Waals surface area contributed by atoms with Crippen LogP contribution in [-0.4, -0.2) is 33.1 Å². The number of aryl methyl sites for hydroxylation is 1.